The maximum atomic E-state index is 13.5. The summed E-state index contributed by atoms with van der Waals surface area (Å²) in [7, 11) is 0. The van der Waals surface area contributed by atoms with Crippen molar-refractivity contribution in [1.82, 2.24) is 14.7 Å². The van der Waals surface area contributed by atoms with Crippen molar-refractivity contribution in [3.8, 4) is 0 Å². The van der Waals surface area contributed by atoms with Crippen LogP contribution in [0.25, 0.3) is 0 Å². The predicted molar refractivity (Wildman–Crippen MR) is 145 cm³/mol. The van der Waals surface area contributed by atoms with Crippen molar-refractivity contribution >= 4 is 21.8 Å². The number of piperidine rings is 1. The van der Waals surface area contributed by atoms with Crippen molar-refractivity contribution in [2.24, 2.45) is 5.92 Å². The molecule has 4 nitrogen and oxygen atoms in total. The Balaban J connectivity index is 1.21. The summed E-state index contributed by atoms with van der Waals surface area (Å²) >= 11 is 3.58. The Morgan fingerprint density at radius 2 is 1.49 bits per heavy atom. The molecule has 1 unspecified atom stereocenters. The summed E-state index contributed by atoms with van der Waals surface area (Å²) in [6, 6.07) is 30.2. The molecule has 1 atom stereocenters. The number of carbonyl (C=O) groups is 1. The highest BCUT2D eigenvalue weighted by Gasteiger charge is 2.33. The summed E-state index contributed by atoms with van der Waals surface area (Å²) in [4.78, 5) is 20.6. The van der Waals surface area contributed by atoms with Crippen LogP contribution in [0.3, 0.4) is 0 Å². The second-order valence-electron chi connectivity index (χ2n) is 9.79. The summed E-state index contributed by atoms with van der Waals surface area (Å²) in [6.07, 6.45) is 2.10. The van der Waals surface area contributed by atoms with E-state index in [1.807, 2.05) is 0 Å². The van der Waals surface area contributed by atoms with Crippen LogP contribution in [-0.2, 0) is 11.3 Å². The number of hydrogen-bond donors (Lipinski definition) is 0. The molecule has 0 N–H and O–H groups in total. The first-order valence-corrected chi connectivity index (χ1v) is 13.6. The summed E-state index contributed by atoms with van der Waals surface area (Å²) in [5.74, 6) is 0.459. The molecule has 5 heteroatoms. The molecule has 0 radical (unpaired) electrons. The molecule has 3 aromatic carbocycles. The standard InChI is InChI=1S/C30H34BrN3O/c31-28-15-7-9-24(21-28)22-32-16-8-14-27(23-32)30(35)34-19-17-33(18-20-34)29(25-10-3-1-4-11-25)26-12-5-2-6-13-26/h1-7,9-13,15,21,27,29H,8,14,16-20,22-23H2. The highest BCUT2D eigenvalue weighted by molar-refractivity contribution is 9.10. The van der Waals surface area contributed by atoms with Gasteiger partial charge in [-0.3, -0.25) is 14.6 Å². The zero-order chi connectivity index (χ0) is 24.0. The third kappa shape index (κ3) is 6.03. The van der Waals surface area contributed by atoms with E-state index in [0.29, 0.717) is 5.91 Å². The SMILES string of the molecule is O=C(C1CCCN(Cc2cccc(Br)c2)C1)N1CCN(C(c2ccccc2)c2ccccc2)CC1. The van der Waals surface area contributed by atoms with Crippen LogP contribution in [-0.4, -0.2) is 59.9 Å². The van der Waals surface area contributed by atoms with Crippen LogP contribution in [0, 0.1) is 5.92 Å². The first-order chi connectivity index (χ1) is 17.2. The van der Waals surface area contributed by atoms with E-state index in [1.165, 1.54) is 16.7 Å². The summed E-state index contributed by atoms with van der Waals surface area (Å²) < 4.78 is 1.11. The number of piperazine rings is 1. The maximum Gasteiger partial charge on any atom is 0.227 e. The van der Waals surface area contributed by atoms with Crippen LogP contribution < -0.4 is 0 Å². The number of nitrogens with zero attached hydrogens (tertiary/aromatic N) is 3. The van der Waals surface area contributed by atoms with E-state index < -0.39 is 0 Å². The Labute approximate surface area is 217 Å². The quantitative estimate of drug-likeness (QED) is 0.414. The molecule has 2 fully saturated rings. The van der Waals surface area contributed by atoms with E-state index in [4.69, 9.17) is 0 Å². The number of rotatable bonds is 6. The molecule has 1 amide bonds. The van der Waals surface area contributed by atoms with Gasteiger partial charge in [-0.2, -0.15) is 0 Å². The molecule has 5 rings (SSSR count). The number of carbonyl (C=O) groups excluding carboxylic acids is 1. The van der Waals surface area contributed by atoms with Crippen molar-refractivity contribution < 1.29 is 4.79 Å². The van der Waals surface area contributed by atoms with E-state index in [-0.39, 0.29) is 12.0 Å². The number of hydrogen-bond acceptors (Lipinski definition) is 3. The van der Waals surface area contributed by atoms with E-state index >= 15 is 0 Å². The van der Waals surface area contributed by atoms with E-state index in [2.05, 4.69) is 116 Å². The highest BCUT2D eigenvalue weighted by atomic mass is 79.9. The minimum atomic E-state index is 0.112. The third-order valence-electron chi connectivity index (χ3n) is 7.37. The van der Waals surface area contributed by atoms with Gasteiger partial charge in [0.15, 0.2) is 0 Å². The summed E-state index contributed by atoms with van der Waals surface area (Å²) in [6.45, 7) is 6.24. The van der Waals surface area contributed by atoms with Crippen LogP contribution in [0.2, 0.25) is 0 Å². The fourth-order valence-electron chi connectivity index (χ4n) is 5.64. The van der Waals surface area contributed by atoms with Crippen LogP contribution in [0.5, 0.6) is 0 Å². The largest absolute Gasteiger partial charge is 0.340 e. The Hall–Kier alpha value is -2.47. The van der Waals surface area contributed by atoms with Gasteiger partial charge in [0.2, 0.25) is 5.91 Å². The monoisotopic (exact) mass is 531 g/mol. The van der Waals surface area contributed by atoms with Crippen molar-refractivity contribution in [3.05, 3.63) is 106 Å². The lowest BCUT2D eigenvalue weighted by atomic mass is 9.94. The Kier molecular flexibility index (Phi) is 7.97. The van der Waals surface area contributed by atoms with Gasteiger partial charge >= 0.3 is 0 Å². The minimum Gasteiger partial charge on any atom is -0.340 e. The molecule has 2 aliphatic rings. The van der Waals surface area contributed by atoms with Gasteiger partial charge in [-0.15, -0.1) is 0 Å². The molecular weight excluding hydrogens is 498 g/mol. The molecule has 182 valence electrons. The van der Waals surface area contributed by atoms with Gasteiger partial charge in [0.05, 0.1) is 12.0 Å². The summed E-state index contributed by atoms with van der Waals surface area (Å²) in [5.41, 5.74) is 3.93. The van der Waals surface area contributed by atoms with Gasteiger partial charge in [0, 0.05) is 43.7 Å². The van der Waals surface area contributed by atoms with Gasteiger partial charge in [-0.25, -0.2) is 0 Å². The Bertz CT molecular complexity index is 1060. The molecule has 0 bridgehead atoms. The number of halogens is 1. The normalized spacial score (nSPS) is 19.7. The molecule has 0 spiro atoms. The van der Waals surface area contributed by atoms with E-state index in [0.717, 1.165) is 63.1 Å². The average molecular weight is 533 g/mol. The molecular formula is C30H34BrN3O. The van der Waals surface area contributed by atoms with E-state index in [1.54, 1.807) is 0 Å². The zero-order valence-corrected chi connectivity index (χ0v) is 21.8. The van der Waals surface area contributed by atoms with Gasteiger partial charge in [-0.1, -0.05) is 88.7 Å². The van der Waals surface area contributed by atoms with Gasteiger partial charge in [0.25, 0.3) is 0 Å². The fraction of sp³-hybridized carbons (Fsp3) is 0.367. The second-order valence-corrected chi connectivity index (χ2v) is 10.7. The van der Waals surface area contributed by atoms with Crippen molar-refractivity contribution in [1.29, 1.82) is 0 Å². The molecule has 2 aliphatic heterocycles. The topological polar surface area (TPSA) is 26.8 Å². The molecule has 2 heterocycles. The van der Waals surface area contributed by atoms with Crippen molar-refractivity contribution in [3.63, 3.8) is 0 Å². The molecule has 35 heavy (non-hydrogen) atoms. The van der Waals surface area contributed by atoms with Crippen LogP contribution >= 0.6 is 15.9 Å². The lowest BCUT2D eigenvalue weighted by molar-refractivity contribution is -0.139. The predicted octanol–water partition coefficient (Wildman–Crippen LogP) is 5.59. The average Bonchev–Trinajstić information content (AvgIpc) is 2.90. The van der Waals surface area contributed by atoms with E-state index in [9.17, 15) is 4.79 Å². The fourth-order valence-corrected chi connectivity index (χ4v) is 6.08. The lowest BCUT2D eigenvalue weighted by Gasteiger charge is -2.42. The van der Waals surface area contributed by atoms with Crippen molar-refractivity contribution in [2.75, 3.05) is 39.3 Å². The summed E-state index contributed by atoms with van der Waals surface area (Å²) in [5, 5.41) is 0. The lowest BCUT2D eigenvalue weighted by Crippen LogP contribution is -2.53. The number of likely N-dealkylation sites (tertiary alicyclic amines) is 1. The zero-order valence-electron chi connectivity index (χ0n) is 20.2. The Morgan fingerprint density at radius 3 is 2.11 bits per heavy atom. The second kappa shape index (κ2) is 11.5. The van der Waals surface area contributed by atoms with Crippen LogP contribution in [0.15, 0.2) is 89.4 Å². The number of amides is 1. The minimum absolute atomic E-state index is 0.112. The number of benzene rings is 3. The van der Waals surface area contributed by atoms with Gasteiger partial charge < -0.3 is 4.90 Å². The van der Waals surface area contributed by atoms with Gasteiger partial charge in [0.1, 0.15) is 0 Å². The first kappa shape index (κ1) is 24.2. The highest BCUT2D eigenvalue weighted by Crippen LogP contribution is 2.30. The van der Waals surface area contributed by atoms with Crippen LogP contribution in [0.4, 0.5) is 0 Å². The third-order valence-corrected chi connectivity index (χ3v) is 7.86. The molecule has 0 aliphatic carbocycles. The van der Waals surface area contributed by atoms with Crippen molar-refractivity contribution in [2.45, 2.75) is 25.4 Å². The smallest absolute Gasteiger partial charge is 0.227 e. The maximum absolute atomic E-state index is 13.5. The van der Waals surface area contributed by atoms with Crippen LogP contribution in [0.1, 0.15) is 35.6 Å². The van der Waals surface area contributed by atoms with Gasteiger partial charge in [-0.05, 0) is 48.2 Å². The Morgan fingerprint density at radius 1 is 0.829 bits per heavy atom. The molecule has 0 saturated carbocycles. The molecule has 3 aromatic rings. The first-order valence-electron chi connectivity index (χ1n) is 12.8. The molecule has 2 saturated heterocycles. The molecule has 0 aromatic heterocycles.